The van der Waals surface area contributed by atoms with Gasteiger partial charge in [-0.25, -0.2) is 0 Å². The lowest BCUT2D eigenvalue weighted by Crippen LogP contribution is -2.36. The molecular formula is C13H20BrNO2. The number of aromatic hydroxyl groups is 1. The van der Waals surface area contributed by atoms with Crippen LogP contribution < -0.4 is 5.32 Å². The van der Waals surface area contributed by atoms with Crippen LogP contribution in [0.3, 0.4) is 0 Å². The Bertz CT molecular complexity index is 374. The van der Waals surface area contributed by atoms with Crippen molar-refractivity contribution in [1.29, 1.82) is 0 Å². The lowest BCUT2D eigenvalue weighted by Gasteiger charge is -2.26. The molecule has 96 valence electrons. The number of halogens is 1. The maximum Gasteiger partial charge on any atom is 0.115 e. The number of nitrogens with one attached hydrogen (secondary N) is 1. The number of phenolic OH excluding ortho intramolecular Hbond substituents is 1. The Kier molecular flexibility index (Phi) is 4.98. The first-order valence-corrected chi connectivity index (χ1v) is 6.46. The van der Waals surface area contributed by atoms with E-state index in [1.54, 1.807) is 12.1 Å². The van der Waals surface area contributed by atoms with E-state index in [-0.39, 0.29) is 11.2 Å². The summed E-state index contributed by atoms with van der Waals surface area (Å²) in [5.41, 5.74) is 0.856. The summed E-state index contributed by atoms with van der Waals surface area (Å²) in [6.45, 7) is 7.16. The maximum absolute atomic E-state index is 9.86. The van der Waals surface area contributed by atoms with Gasteiger partial charge in [0.2, 0.25) is 0 Å². The molecule has 0 fully saturated rings. The van der Waals surface area contributed by atoms with Crippen LogP contribution in [0.1, 0.15) is 26.3 Å². The number of benzene rings is 1. The molecule has 0 radical (unpaired) electrons. The van der Waals surface area contributed by atoms with Crippen molar-refractivity contribution in [3.8, 4) is 5.75 Å². The Morgan fingerprint density at radius 2 is 2.00 bits per heavy atom. The molecule has 0 saturated heterocycles. The Balaban J connectivity index is 2.49. The number of phenols is 1. The van der Waals surface area contributed by atoms with Gasteiger partial charge in [-0.3, -0.25) is 0 Å². The number of hydrogen-bond acceptors (Lipinski definition) is 3. The fraction of sp³-hybridized carbons (Fsp3) is 0.538. The van der Waals surface area contributed by atoms with E-state index in [2.05, 4.69) is 21.2 Å². The van der Waals surface area contributed by atoms with E-state index in [0.717, 1.165) is 10.0 Å². The first-order chi connectivity index (χ1) is 7.80. The number of aliphatic hydroxyl groups is 1. The molecule has 0 spiro atoms. The fourth-order valence-corrected chi connectivity index (χ4v) is 1.73. The van der Waals surface area contributed by atoms with Gasteiger partial charge < -0.3 is 15.5 Å². The average molecular weight is 302 g/mol. The lowest BCUT2D eigenvalue weighted by molar-refractivity contribution is 0.0627. The summed E-state index contributed by atoms with van der Waals surface area (Å²) in [5, 5.41) is 22.4. The summed E-state index contributed by atoms with van der Waals surface area (Å²) < 4.78 is 0.952. The molecule has 1 aromatic rings. The minimum absolute atomic E-state index is 0.122. The summed E-state index contributed by atoms with van der Waals surface area (Å²) in [4.78, 5) is 0. The van der Waals surface area contributed by atoms with Crippen LogP contribution in [0.4, 0.5) is 0 Å². The van der Waals surface area contributed by atoms with Crippen molar-refractivity contribution in [3.63, 3.8) is 0 Å². The zero-order valence-corrected chi connectivity index (χ0v) is 12.1. The Hall–Kier alpha value is -0.580. The standard InChI is InChI=1S/C13H20BrNO2/c1-13(2,3)12(17)8-15-7-9-6-10(16)4-5-11(9)14/h4-6,12,15-17H,7-8H2,1-3H3. The van der Waals surface area contributed by atoms with Crippen molar-refractivity contribution in [2.45, 2.75) is 33.4 Å². The van der Waals surface area contributed by atoms with Crippen LogP contribution in [0.25, 0.3) is 0 Å². The van der Waals surface area contributed by atoms with Crippen molar-refractivity contribution >= 4 is 15.9 Å². The molecule has 4 heteroatoms. The smallest absolute Gasteiger partial charge is 0.115 e. The molecule has 1 atom stereocenters. The van der Waals surface area contributed by atoms with Gasteiger partial charge in [-0.05, 0) is 29.2 Å². The Morgan fingerprint density at radius 3 is 2.59 bits per heavy atom. The van der Waals surface area contributed by atoms with Crippen molar-refractivity contribution in [1.82, 2.24) is 5.32 Å². The predicted molar refractivity (Wildman–Crippen MR) is 73.0 cm³/mol. The van der Waals surface area contributed by atoms with Gasteiger partial charge in [0, 0.05) is 17.6 Å². The van der Waals surface area contributed by atoms with Crippen LogP contribution in [0, 0.1) is 5.41 Å². The molecule has 17 heavy (non-hydrogen) atoms. The fourth-order valence-electron chi connectivity index (χ4n) is 1.35. The molecule has 0 aliphatic carbocycles. The van der Waals surface area contributed by atoms with Gasteiger partial charge in [-0.2, -0.15) is 0 Å². The predicted octanol–water partition coefficient (Wildman–Crippen LogP) is 2.65. The van der Waals surface area contributed by atoms with Crippen molar-refractivity contribution in [2.24, 2.45) is 5.41 Å². The third-order valence-electron chi connectivity index (χ3n) is 2.68. The lowest BCUT2D eigenvalue weighted by atomic mass is 9.89. The summed E-state index contributed by atoms with van der Waals surface area (Å²) in [6, 6.07) is 5.16. The second-order valence-corrected chi connectivity index (χ2v) is 6.14. The first-order valence-electron chi connectivity index (χ1n) is 5.67. The highest BCUT2D eigenvalue weighted by Gasteiger charge is 2.21. The average Bonchev–Trinajstić information content (AvgIpc) is 2.21. The van der Waals surface area contributed by atoms with Crippen LogP contribution in [-0.2, 0) is 6.54 Å². The summed E-state index contributed by atoms with van der Waals surface area (Å²) in [7, 11) is 0. The highest BCUT2D eigenvalue weighted by molar-refractivity contribution is 9.10. The van der Waals surface area contributed by atoms with Crippen molar-refractivity contribution < 1.29 is 10.2 Å². The van der Waals surface area contributed by atoms with Crippen molar-refractivity contribution in [3.05, 3.63) is 28.2 Å². The van der Waals surface area contributed by atoms with E-state index in [1.807, 2.05) is 26.8 Å². The first kappa shape index (κ1) is 14.5. The maximum atomic E-state index is 9.86. The second kappa shape index (κ2) is 5.85. The molecule has 1 aromatic carbocycles. The van der Waals surface area contributed by atoms with Gasteiger partial charge in [0.05, 0.1) is 6.10 Å². The molecule has 0 aliphatic rings. The van der Waals surface area contributed by atoms with E-state index >= 15 is 0 Å². The number of rotatable bonds is 4. The second-order valence-electron chi connectivity index (χ2n) is 5.29. The van der Waals surface area contributed by atoms with Gasteiger partial charge in [0.15, 0.2) is 0 Å². The van der Waals surface area contributed by atoms with E-state index in [9.17, 15) is 10.2 Å². The SMILES string of the molecule is CC(C)(C)C(O)CNCc1cc(O)ccc1Br. The monoisotopic (exact) mass is 301 g/mol. The molecule has 0 aliphatic heterocycles. The topological polar surface area (TPSA) is 52.5 Å². The van der Waals surface area contributed by atoms with Gasteiger partial charge >= 0.3 is 0 Å². The zero-order valence-electron chi connectivity index (χ0n) is 10.5. The molecule has 1 unspecified atom stereocenters. The van der Waals surface area contributed by atoms with Gasteiger partial charge in [0.25, 0.3) is 0 Å². The highest BCUT2D eigenvalue weighted by Crippen LogP contribution is 2.22. The minimum Gasteiger partial charge on any atom is -0.508 e. The third-order valence-corrected chi connectivity index (χ3v) is 3.46. The zero-order chi connectivity index (χ0) is 13.1. The van der Waals surface area contributed by atoms with Crippen LogP contribution in [-0.4, -0.2) is 22.9 Å². The Morgan fingerprint density at radius 1 is 1.35 bits per heavy atom. The normalized spacial score (nSPS) is 13.7. The van der Waals surface area contributed by atoms with Gasteiger partial charge in [-0.1, -0.05) is 36.7 Å². The van der Waals surface area contributed by atoms with Gasteiger partial charge in [-0.15, -0.1) is 0 Å². The van der Waals surface area contributed by atoms with Crippen molar-refractivity contribution in [2.75, 3.05) is 6.54 Å². The molecule has 3 N–H and O–H groups in total. The molecule has 0 saturated carbocycles. The molecule has 1 rings (SSSR count). The van der Waals surface area contributed by atoms with Gasteiger partial charge in [0.1, 0.15) is 5.75 Å². The van der Waals surface area contributed by atoms with E-state index in [1.165, 1.54) is 0 Å². The summed E-state index contributed by atoms with van der Waals surface area (Å²) in [5.74, 6) is 0.251. The van der Waals surface area contributed by atoms with Crippen LogP contribution in [0.15, 0.2) is 22.7 Å². The largest absolute Gasteiger partial charge is 0.508 e. The van der Waals surface area contributed by atoms with E-state index in [0.29, 0.717) is 13.1 Å². The van der Waals surface area contributed by atoms with E-state index in [4.69, 9.17) is 0 Å². The number of aliphatic hydroxyl groups excluding tert-OH is 1. The van der Waals surface area contributed by atoms with Crippen LogP contribution in [0.5, 0.6) is 5.75 Å². The number of hydrogen-bond donors (Lipinski definition) is 3. The molecular weight excluding hydrogens is 282 g/mol. The summed E-state index contributed by atoms with van der Waals surface area (Å²) >= 11 is 3.42. The molecule has 0 amide bonds. The van der Waals surface area contributed by atoms with E-state index < -0.39 is 6.10 Å². The third kappa shape index (κ3) is 4.66. The quantitative estimate of drug-likeness (QED) is 0.801. The highest BCUT2D eigenvalue weighted by atomic mass is 79.9. The minimum atomic E-state index is -0.390. The molecule has 3 nitrogen and oxygen atoms in total. The molecule has 0 bridgehead atoms. The summed E-state index contributed by atoms with van der Waals surface area (Å²) in [6.07, 6.45) is -0.390. The Labute approximate surface area is 111 Å². The molecule has 0 aromatic heterocycles. The van der Waals surface area contributed by atoms with Crippen LogP contribution >= 0.6 is 15.9 Å². The molecule has 0 heterocycles. The van der Waals surface area contributed by atoms with Crippen LogP contribution in [0.2, 0.25) is 0 Å².